The number of benzene rings is 1. The number of halogens is 1. The average molecular weight is 299 g/mol. The van der Waals surface area contributed by atoms with Crippen LogP contribution in [0.5, 0.6) is 0 Å². The maximum absolute atomic E-state index is 11.0. The van der Waals surface area contributed by atoms with Gasteiger partial charge in [-0.05, 0) is 26.0 Å². The Hall–Kier alpha value is -1.17. The summed E-state index contributed by atoms with van der Waals surface area (Å²) in [5.41, 5.74) is 0.480. The summed E-state index contributed by atoms with van der Waals surface area (Å²) in [5.74, 6) is 0. The highest BCUT2D eigenvalue weighted by Gasteiger charge is 2.26. The zero-order chi connectivity index (χ0) is 14.5. The van der Waals surface area contributed by atoms with Gasteiger partial charge in [0.05, 0.1) is 28.2 Å². The van der Waals surface area contributed by atoms with Crippen LogP contribution in [0.25, 0.3) is 0 Å². The minimum Gasteiger partial charge on any atom is -0.372 e. The Morgan fingerprint density at radius 3 is 2.90 bits per heavy atom. The van der Waals surface area contributed by atoms with Crippen LogP contribution in [0.4, 0.5) is 5.69 Å². The lowest BCUT2D eigenvalue weighted by Gasteiger charge is -2.31. The molecule has 2 rings (SSSR count). The lowest BCUT2D eigenvalue weighted by atomic mass is 9.92. The van der Waals surface area contributed by atoms with Crippen molar-refractivity contribution < 1.29 is 9.66 Å². The topological polar surface area (TPSA) is 64.4 Å². The summed E-state index contributed by atoms with van der Waals surface area (Å²) in [4.78, 5) is 10.6. The summed E-state index contributed by atoms with van der Waals surface area (Å²) in [5, 5.41) is 14.7. The fourth-order valence-electron chi connectivity index (χ4n) is 2.68. The van der Waals surface area contributed by atoms with Gasteiger partial charge in [-0.25, -0.2) is 0 Å². The second-order valence-corrected chi connectivity index (χ2v) is 5.43. The third-order valence-corrected chi connectivity index (χ3v) is 4.16. The Morgan fingerprint density at radius 1 is 1.45 bits per heavy atom. The van der Waals surface area contributed by atoms with Crippen molar-refractivity contribution in [2.45, 2.75) is 44.4 Å². The molecule has 0 aromatic heterocycles. The molecule has 1 saturated carbocycles. The third kappa shape index (κ3) is 3.48. The van der Waals surface area contributed by atoms with E-state index < -0.39 is 4.92 Å². The number of hydrogen-bond acceptors (Lipinski definition) is 4. The van der Waals surface area contributed by atoms with Gasteiger partial charge in [0.25, 0.3) is 5.69 Å². The van der Waals surface area contributed by atoms with Gasteiger partial charge in [0.1, 0.15) is 0 Å². The number of hydrogen-bond donors (Lipinski definition) is 1. The van der Waals surface area contributed by atoms with E-state index in [4.69, 9.17) is 16.3 Å². The van der Waals surface area contributed by atoms with Crippen molar-refractivity contribution in [3.8, 4) is 0 Å². The molecule has 0 radical (unpaired) electrons. The SMILES string of the molecule is CNC1CCCCC1OCc1c(Cl)cccc1[N+](=O)[O-]. The van der Waals surface area contributed by atoms with E-state index in [2.05, 4.69) is 5.32 Å². The maximum atomic E-state index is 11.0. The highest BCUT2D eigenvalue weighted by atomic mass is 35.5. The smallest absolute Gasteiger partial charge is 0.276 e. The molecule has 1 aromatic rings. The second kappa shape index (κ2) is 7.02. The van der Waals surface area contributed by atoms with Crippen LogP contribution in [0.1, 0.15) is 31.2 Å². The van der Waals surface area contributed by atoms with Gasteiger partial charge >= 0.3 is 0 Å². The maximum Gasteiger partial charge on any atom is 0.276 e. The standard InChI is InChI=1S/C14H19ClN2O3/c1-16-12-6-2-3-8-14(12)20-9-10-11(15)5-4-7-13(10)17(18)19/h4-5,7,12,14,16H,2-3,6,8-9H2,1H3. The quantitative estimate of drug-likeness (QED) is 0.669. The summed E-state index contributed by atoms with van der Waals surface area (Å²) >= 11 is 6.06. The normalized spacial score (nSPS) is 22.7. The molecule has 0 bridgehead atoms. The monoisotopic (exact) mass is 298 g/mol. The van der Waals surface area contributed by atoms with Crippen LogP contribution < -0.4 is 5.32 Å². The third-order valence-electron chi connectivity index (χ3n) is 3.81. The van der Waals surface area contributed by atoms with Crippen molar-refractivity contribution in [2.75, 3.05) is 7.05 Å². The van der Waals surface area contributed by atoms with E-state index in [1.807, 2.05) is 7.05 Å². The zero-order valence-electron chi connectivity index (χ0n) is 11.5. The van der Waals surface area contributed by atoms with Crippen LogP contribution in [-0.2, 0) is 11.3 Å². The number of nitrogens with one attached hydrogen (secondary N) is 1. The Balaban J connectivity index is 2.08. The first kappa shape index (κ1) is 15.2. The van der Waals surface area contributed by atoms with E-state index in [0.29, 0.717) is 16.6 Å². The molecular formula is C14H19ClN2O3. The van der Waals surface area contributed by atoms with E-state index in [0.717, 1.165) is 19.3 Å². The number of likely N-dealkylation sites (N-methyl/N-ethyl adjacent to an activating group) is 1. The average Bonchev–Trinajstić information content (AvgIpc) is 2.46. The predicted octanol–water partition coefficient (Wildman–Crippen LogP) is 3.30. The van der Waals surface area contributed by atoms with E-state index in [-0.39, 0.29) is 18.4 Å². The van der Waals surface area contributed by atoms with Gasteiger partial charge in [-0.15, -0.1) is 0 Å². The van der Waals surface area contributed by atoms with Gasteiger partial charge in [-0.2, -0.15) is 0 Å². The molecule has 0 heterocycles. The van der Waals surface area contributed by atoms with E-state index >= 15 is 0 Å². The molecule has 0 amide bonds. The van der Waals surface area contributed by atoms with Gasteiger partial charge in [0, 0.05) is 12.1 Å². The number of nitro benzene ring substituents is 1. The first-order valence-electron chi connectivity index (χ1n) is 6.84. The molecule has 1 aromatic carbocycles. The first-order valence-corrected chi connectivity index (χ1v) is 7.22. The van der Waals surface area contributed by atoms with Crippen molar-refractivity contribution >= 4 is 17.3 Å². The van der Waals surface area contributed by atoms with Crippen molar-refractivity contribution in [3.63, 3.8) is 0 Å². The van der Waals surface area contributed by atoms with Crippen molar-refractivity contribution in [2.24, 2.45) is 0 Å². The van der Waals surface area contributed by atoms with E-state index in [9.17, 15) is 10.1 Å². The Kier molecular flexibility index (Phi) is 5.34. The van der Waals surface area contributed by atoms with Gasteiger partial charge in [0.15, 0.2) is 0 Å². The molecule has 2 atom stereocenters. The summed E-state index contributed by atoms with van der Waals surface area (Å²) in [7, 11) is 1.92. The second-order valence-electron chi connectivity index (χ2n) is 5.02. The van der Waals surface area contributed by atoms with Gasteiger partial charge in [-0.3, -0.25) is 10.1 Å². The van der Waals surface area contributed by atoms with Crippen molar-refractivity contribution in [3.05, 3.63) is 38.9 Å². The van der Waals surface area contributed by atoms with Crippen molar-refractivity contribution in [1.29, 1.82) is 0 Å². The van der Waals surface area contributed by atoms with Crippen LogP contribution in [-0.4, -0.2) is 24.1 Å². The molecule has 110 valence electrons. The Bertz CT molecular complexity index is 481. The minimum atomic E-state index is -0.416. The van der Waals surface area contributed by atoms with Crippen molar-refractivity contribution in [1.82, 2.24) is 5.32 Å². The number of ether oxygens (including phenoxy) is 1. The summed E-state index contributed by atoms with van der Waals surface area (Å²) < 4.78 is 5.89. The van der Waals surface area contributed by atoms with Crippen LogP contribution in [0, 0.1) is 10.1 Å². The van der Waals surface area contributed by atoms with Crippen LogP contribution in [0.3, 0.4) is 0 Å². The number of nitro groups is 1. The molecule has 1 fully saturated rings. The minimum absolute atomic E-state index is 0.0225. The van der Waals surface area contributed by atoms with E-state index in [1.165, 1.54) is 12.5 Å². The first-order chi connectivity index (χ1) is 9.63. The summed E-state index contributed by atoms with van der Waals surface area (Å²) in [6, 6.07) is 5.01. The molecule has 20 heavy (non-hydrogen) atoms. The highest BCUT2D eigenvalue weighted by Crippen LogP contribution is 2.29. The van der Waals surface area contributed by atoms with Crippen LogP contribution in [0.15, 0.2) is 18.2 Å². The number of rotatable bonds is 5. The van der Waals surface area contributed by atoms with E-state index in [1.54, 1.807) is 12.1 Å². The fourth-order valence-corrected chi connectivity index (χ4v) is 2.90. The molecule has 0 saturated heterocycles. The molecule has 0 spiro atoms. The Labute approximate surface area is 123 Å². The largest absolute Gasteiger partial charge is 0.372 e. The predicted molar refractivity (Wildman–Crippen MR) is 78.0 cm³/mol. The molecule has 1 N–H and O–H groups in total. The molecule has 1 aliphatic rings. The molecule has 6 heteroatoms. The van der Waals surface area contributed by atoms with Gasteiger partial charge < -0.3 is 10.1 Å². The lowest BCUT2D eigenvalue weighted by Crippen LogP contribution is -2.41. The fraction of sp³-hybridized carbons (Fsp3) is 0.571. The van der Waals surface area contributed by atoms with Crippen LogP contribution >= 0.6 is 11.6 Å². The highest BCUT2D eigenvalue weighted by molar-refractivity contribution is 6.31. The molecule has 2 unspecified atom stereocenters. The molecular weight excluding hydrogens is 280 g/mol. The molecule has 5 nitrogen and oxygen atoms in total. The number of nitrogens with zero attached hydrogens (tertiary/aromatic N) is 1. The Morgan fingerprint density at radius 2 is 2.20 bits per heavy atom. The molecule has 0 aliphatic heterocycles. The zero-order valence-corrected chi connectivity index (χ0v) is 12.2. The summed E-state index contributed by atoms with van der Waals surface area (Å²) in [6.45, 7) is 0.179. The van der Waals surface area contributed by atoms with Crippen LogP contribution in [0.2, 0.25) is 5.02 Å². The molecule has 1 aliphatic carbocycles. The van der Waals surface area contributed by atoms with Gasteiger partial charge in [0.2, 0.25) is 0 Å². The lowest BCUT2D eigenvalue weighted by molar-refractivity contribution is -0.386. The summed E-state index contributed by atoms with van der Waals surface area (Å²) in [6.07, 6.45) is 4.46. The van der Waals surface area contributed by atoms with Gasteiger partial charge in [-0.1, -0.05) is 30.5 Å².